The first-order valence-corrected chi connectivity index (χ1v) is 5.09. The highest BCUT2D eigenvalue weighted by Crippen LogP contribution is 2.44. The summed E-state index contributed by atoms with van der Waals surface area (Å²) in [4.78, 5) is 23.1. The summed E-state index contributed by atoms with van der Waals surface area (Å²) in [5.74, 6) is -1.51. The molecule has 0 aromatic carbocycles. The number of carbonyl (C=O) groups is 2. The van der Waals surface area contributed by atoms with E-state index in [-0.39, 0.29) is 11.7 Å². The Labute approximate surface area is 89.5 Å². The smallest absolute Gasteiger partial charge is 0.317 e. The Hall–Kier alpha value is -1.38. The van der Waals surface area contributed by atoms with Gasteiger partial charge in [0.1, 0.15) is 5.41 Å². The first kappa shape index (κ1) is 11.7. The van der Waals surface area contributed by atoms with Gasteiger partial charge in [0.2, 0.25) is 0 Å². The van der Waals surface area contributed by atoms with Crippen molar-refractivity contribution in [3.05, 3.63) is 25.3 Å². The van der Waals surface area contributed by atoms with Crippen molar-refractivity contribution < 1.29 is 14.7 Å². The van der Waals surface area contributed by atoms with Gasteiger partial charge >= 0.3 is 5.97 Å². The summed E-state index contributed by atoms with van der Waals surface area (Å²) in [5.41, 5.74) is -1.24. The van der Waals surface area contributed by atoms with Crippen molar-refractivity contribution in [2.24, 2.45) is 11.3 Å². The van der Waals surface area contributed by atoms with Crippen LogP contribution in [0.15, 0.2) is 25.3 Å². The lowest BCUT2D eigenvalue weighted by Gasteiger charge is -2.29. The van der Waals surface area contributed by atoms with Crippen molar-refractivity contribution >= 4 is 11.8 Å². The molecule has 0 amide bonds. The average molecular weight is 208 g/mol. The Morgan fingerprint density at radius 2 is 2.27 bits per heavy atom. The molecule has 1 N–H and O–H groups in total. The van der Waals surface area contributed by atoms with Crippen LogP contribution in [0.4, 0.5) is 0 Å². The lowest BCUT2D eigenvalue weighted by Crippen LogP contribution is -2.41. The monoisotopic (exact) mass is 208 g/mol. The topological polar surface area (TPSA) is 54.4 Å². The SMILES string of the molecule is C=CCC(C=C)C1(C(=O)O)CCCC1=O. The molecule has 2 atom stereocenters. The molecule has 0 aromatic heterocycles. The van der Waals surface area contributed by atoms with E-state index >= 15 is 0 Å². The lowest BCUT2D eigenvalue weighted by molar-refractivity contribution is -0.156. The summed E-state index contributed by atoms with van der Waals surface area (Å²) >= 11 is 0. The molecule has 3 nitrogen and oxygen atoms in total. The number of allylic oxidation sites excluding steroid dienone is 2. The first-order chi connectivity index (χ1) is 7.09. The van der Waals surface area contributed by atoms with E-state index in [1.165, 1.54) is 0 Å². The predicted molar refractivity (Wildman–Crippen MR) is 57.4 cm³/mol. The molecule has 1 fully saturated rings. The maximum absolute atomic E-state index is 11.7. The number of carbonyl (C=O) groups excluding carboxylic acids is 1. The van der Waals surface area contributed by atoms with Gasteiger partial charge < -0.3 is 5.11 Å². The second-order valence-corrected chi connectivity index (χ2v) is 3.92. The Morgan fingerprint density at radius 3 is 2.60 bits per heavy atom. The van der Waals surface area contributed by atoms with Gasteiger partial charge in [-0.15, -0.1) is 13.2 Å². The minimum Gasteiger partial charge on any atom is -0.480 e. The molecule has 0 aliphatic heterocycles. The lowest BCUT2D eigenvalue weighted by atomic mass is 9.71. The zero-order chi connectivity index (χ0) is 11.5. The molecule has 0 heterocycles. The minimum atomic E-state index is -1.24. The van der Waals surface area contributed by atoms with Crippen LogP contribution in [0.1, 0.15) is 25.7 Å². The number of Topliss-reactive ketones (excluding diaryl/α,β-unsaturated/α-hetero) is 1. The van der Waals surface area contributed by atoms with Gasteiger partial charge in [-0.1, -0.05) is 12.2 Å². The Kier molecular flexibility index (Phi) is 3.45. The highest BCUT2D eigenvalue weighted by atomic mass is 16.4. The van der Waals surface area contributed by atoms with E-state index in [9.17, 15) is 14.7 Å². The fraction of sp³-hybridized carbons (Fsp3) is 0.500. The number of carboxylic acids is 1. The zero-order valence-electron chi connectivity index (χ0n) is 8.74. The summed E-state index contributed by atoms with van der Waals surface area (Å²) in [6.45, 7) is 7.21. The van der Waals surface area contributed by atoms with Crippen LogP contribution in [0, 0.1) is 11.3 Å². The number of hydrogen-bond acceptors (Lipinski definition) is 2. The van der Waals surface area contributed by atoms with Crippen LogP contribution in [0.3, 0.4) is 0 Å². The fourth-order valence-electron chi connectivity index (χ4n) is 2.35. The number of hydrogen-bond donors (Lipinski definition) is 1. The van der Waals surface area contributed by atoms with E-state index in [0.717, 1.165) is 0 Å². The molecular weight excluding hydrogens is 192 g/mol. The van der Waals surface area contributed by atoms with Crippen molar-refractivity contribution in [1.29, 1.82) is 0 Å². The average Bonchev–Trinajstić information content (AvgIpc) is 2.57. The van der Waals surface area contributed by atoms with Crippen LogP contribution >= 0.6 is 0 Å². The van der Waals surface area contributed by atoms with Crippen molar-refractivity contribution in [2.75, 3.05) is 0 Å². The van der Waals surface area contributed by atoms with Gasteiger partial charge in [0.15, 0.2) is 5.78 Å². The van der Waals surface area contributed by atoms with E-state index in [1.807, 2.05) is 0 Å². The zero-order valence-corrected chi connectivity index (χ0v) is 8.74. The van der Waals surface area contributed by atoms with Crippen LogP contribution in [-0.2, 0) is 9.59 Å². The number of carboxylic acid groups (broad SMARTS) is 1. The van der Waals surface area contributed by atoms with Crippen molar-refractivity contribution in [1.82, 2.24) is 0 Å². The second kappa shape index (κ2) is 4.43. The minimum absolute atomic E-state index is 0.165. The number of ketones is 1. The normalized spacial score (nSPS) is 27.3. The Morgan fingerprint density at radius 1 is 1.60 bits per heavy atom. The van der Waals surface area contributed by atoms with Crippen LogP contribution in [0.2, 0.25) is 0 Å². The van der Waals surface area contributed by atoms with E-state index in [2.05, 4.69) is 13.2 Å². The van der Waals surface area contributed by atoms with Gasteiger partial charge in [0.25, 0.3) is 0 Å². The van der Waals surface area contributed by atoms with Crippen molar-refractivity contribution in [3.8, 4) is 0 Å². The number of rotatable bonds is 5. The first-order valence-electron chi connectivity index (χ1n) is 5.09. The van der Waals surface area contributed by atoms with Crippen molar-refractivity contribution in [3.63, 3.8) is 0 Å². The predicted octanol–water partition coefficient (Wildman–Crippen LogP) is 2.19. The summed E-state index contributed by atoms with van der Waals surface area (Å²) in [5, 5.41) is 9.26. The van der Waals surface area contributed by atoms with E-state index in [4.69, 9.17) is 0 Å². The highest BCUT2D eigenvalue weighted by Gasteiger charge is 2.52. The molecule has 1 aliphatic rings. The van der Waals surface area contributed by atoms with Gasteiger partial charge in [-0.3, -0.25) is 9.59 Å². The van der Waals surface area contributed by atoms with Crippen LogP contribution in [0.5, 0.6) is 0 Å². The molecule has 82 valence electrons. The summed E-state index contributed by atoms with van der Waals surface area (Å²) in [6, 6.07) is 0. The molecule has 0 bridgehead atoms. The van der Waals surface area contributed by atoms with Gasteiger partial charge in [-0.2, -0.15) is 0 Å². The maximum atomic E-state index is 11.7. The molecular formula is C12H16O3. The standard InChI is InChI=1S/C12H16O3/c1-3-6-9(4-2)12(11(14)15)8-5-7-10(12)13/h3-4,9H,1-2,5-8H2,(H,14,15). The molecule has 1 aliphatic carbocycles. The third-order valence-electron chi connectivity index (χ3n) is 3.19. The van der Waals surface area contributed by atoms with Gasteiger partial charge in [0.05, 0.1) is 0 Å². The largest absolute Gasteiger partial charge is 0.480 e. The van der Waals surface area contributed by atoms with E-state index < -0.39 is 11.4 Å². The fourth-order valence-corrected chi connectivity index (χ4v) is 2.35. The summed E-state index contributed by atoms with van der Waals surface area (Å²) in [6.07, 6.45) is 5.15. The number of aliphatic carboxylic acids is 1. The third-order valence-corrected chi connectivity index (χ3v) is 3.19. The molecule has 3 heteroatoms. The van der Waals surface area contributed by atoms with E-state index in [1.54, 1.807) is 12.2 Å². The molecule has 15 heavy (non-hydrogen) atoms. The summed E-state index contributed by atoms with van der Waals surface area (Å²) in [7, 11) is 0. The van der Waals surface area contributed by atoms with E-state index in [0.29, 0.717) is 25.7 Å². The van der Waals surface area contributed by atoms with Gasteiger partial charge in [-0.25, -0.2) is 0 Å². The molecule has 0 radical (unpaired) electrons. The molecule has 1 rings (SSSR count). The molecule has 0 spiro atoms. The highest BCUT2D eigenvalue weighted by molar-refractivity contribution is 6.05. The maximum Gasteiger partial charge on any atom is 0.317 e. The molecule has 0 aromatic rings. The molecule has 0 saturated heterocycles. The van der Waals surface area contributed by atoms with Gasteiger partial charge in [0, 0.05) is 12.3 Å². The molecule has 1 saturated carbocycles. The Balaban J connectivity index is 3.09. The van der Waals surface area contributed by atoms with Gasteiger partial charge in [-0.05, 0) is 19.3 Å². The second-order valence-electron chi connectivity index (χ2n) is 3.92. The van der Waals surface area contributed by atoms with Crippen LogP contribution in [-0.4, -0.2) is 16.9 Å². The van der Waals surface area contributed by atoms with Crippen LogP contribution in [0.25, 0.3) is 0 Å². The Bertz CT molecular complexity index is 306. The molecule has 2 unspecified atom stereocenters. The third kappa shape index (κ3) is 1.74. The summed E-state index contributed by atoms with van der Waals surface area (Å²) < 4.78 is 0. The van der Waals surface area contributed by atoms with Crippen molar-refractivity contribution in [2.45, 2.75) is 25.7 Å². The quantitative estimate of drug-likeness (QED) is 0.556. The van der Waals surface area contributed by atoms with Crippen LogP contribution < -0.4 is 0 Å².